The van der Waals surface area contributed by atoms with Crippen molar-refractivity contribution in [1.29, 1.82) is 0 Å². The lowest BCUT2D eigenvalue weighted by Gasteiger charge is -2.33. The first kappa shape index (κ1) is 18.1. The van der Waals surface area contributed by atoms with Gasteiger partial charge < -0.3 is 20.6 Å². The second-order valence-electron chi connectivity index (χ2n) is 6.52. The summed E-state index contributed by atoms with van der Waals surface area (Å²) in [6, 6.07) is 11.1. The third kappa shape index (κ3) is 5.16. The summed E-state index contributed by atoms with van der Waals surface area (Å²) in [5.74, 6) is 0.691. The number of aliphatic hydroxyl groups excluding tert-OH is 1. The van der Waals surface area contributed by atoms with E-state index < -0.39 is 0 Å². The molecule has 1 fully saturated rings. The van der Waals surface area contributed by atoms with Gasteiger partial charge in [0, 0.05) is 31.5 Å². The maximum absolute atomic E-state index is 12.3. The van der Waals surface area contributed by atoms with Gasteiger partial charge in [-0.2, -0.15) is 0 Å². The molecule has 7 nitrogen and oxygen atoms in total. The number of nitrogens with one attached hydrogen (secondary N) is 2. The standard InChI is InChI=1S/C19H25N5O2/c25-14-17(12-15-6-2-1-3-7-15)23-19(26)22-16-8-4-11-24(13-16)18-20-9-5-10-21-18/h1-3,5-7,9-10,16-17,25H,4,8,11-14H2,(H2,22,23,26)/t16-,17+/m0/s1. The molecule has 1 aliphatic rings. The van der Waals surface area contributed by atoms with Crippen LogP contribution in [0.25, 0.3) is 0 Å². The van der Waals surface area contributed by atoms with E-state index in [1.807, 2.05) is 30.3 Å². The van der Waals surface area contributed by atoms with E-state index in [9.17, 15) is 9.90 Å². The van der Waals surface area contributed by atoms with Gasteiger partial charge in [-0.25, -0.2) is 14.8 Å². The molecular formula is C19H25N5O2. The molecule has 138 valence electrons. The average Bonchev–Trinajstić information content (AvgIpc) is 2.69. The zero-order valence-corrected chi connectivity index (χ0v) is 14.7. The number of carbonyl (C=O) groups excluding carboxylic acids is 1. The van der Waals surface area contributed by atoms with Gasteiger partial charge >= 0.3 is 6.03 Å². The van der Waals surface area contributed by atoms with Crippen LogP contribution in [0.2, 0.25) is 0 Å². The van der Waals surface area contributed by atoms with Crippen LogP contribution in [0, 0.1) is 0 Å². The number of urea groups is 1. The molecule has 2 amide bonds. The minimum atomic E-state index is -0.311. The van der Waals surface area contributed by atoms with Crippen molar-refractivity contribution in [3.63, 3.8) is 0 Å². The second-order valence-corrected chi connectivity index (χ2v) is 6.52. The van der Waals surface area contributed by atoms with E-state index >= 15 is 0 Å². The number of aliphatic hydroxyl groups is 1. The SMILES string of the molecule is O=C(N[C@@H](CO)Cc1ccccc1)N[C@H]1CCCN(c2ncccn2)C1. The number of aromatic nitrogens is 2. The van der Waals surface area contributed by atoms with E-state index in [-0.39, 0.29) is 24.7 Å². The van der Waals surface area contributed by atoms with E-state index in [1.165, 1.54) is 0 Å². The summed E-state index contributed by atoms with van der Waals surface area (Å²) < 4.78 is 0. The van der Waals surface area contributed by atoms with Gasteiger partial charge in [-0.1, -0.05) is 30.3 Å². The Hall–Kier alpha value is -2.67. The quantitative estimate of drug-likeness (QED) is 0.728. The number of amides is 2. The van der Waals surface area contributed by atoms with Crippen LogP contribution >= 0.6 is 0 Å². The maximum atomic E-state index is 12.3. The zero-order chi connectivity index (χ0) is 18.2. The number of carbonyl (C=O) groups is 1. The number of hydrogen-bond acceptors (Lipinski definition) is 5. The molecule has 0 unspecified atom stereocenters. The fraction of sp³-hybridized carbons (Fsp3) is 0.421. The van der Waals surface area contributed by atoms with Crippen molar-refractivity contribution < 1.29 is 9.90 Å². The summed E-state index contributed by atoms with van der Waals surface area (Å²) in [5.41, 5.74) is 1.08. The first-order valence-corrected chi connectivity index (χ1v) is 8.98. The number of benzene rings is 1. The summed E-state index contributed by atoms with van der Waals surface area (Å²) in [7, 11) is 0. The number of anilines is 1. The number of hydrogen-bond donors (Lipinski definition) is 3. The van der Waals surface area contributed by atoms with Crippen molar-refractivity contribution in [1.82, 2.24) is 20.6 Å². The molecule has 3 N–H and O–H groups in total. The normalized spacial score (nSPS) is 18.2. The van der Waals surface area contributed by atoms with Crippen molar-refractivity contribution in [2.75, 3.05) is 24.6 Å². The Bertz CT molecular complexity index is 683. The minimum Gasteiger partial charge on any atom is -0.394 e. The van der Waals surface area contributed by atoms with Crippen LogP contribution in [-0.4, -0.2) is 52.9 Å². The molecule has 0 radical (unpaired) electrons. The van der Waals surface area contributed by atoms with Gasteiger partial charge in [0.25, 0.3) is 0 Å². The monoisotopic (exact) mass is 355 g/mol. The molecule has 0 saturated carbocycles. The van der Waals surface area contributed by atoms with Gasteiger partial charge in [-0.3, -0.25) is 0 Å². The Morgan fingerprint density at radius 3 is 2.73 bits per heavy atom. The zero-order valence-electron chi connectivity index (χ0n) is 14.7. The molecule has 26 heavy (non-hydrogen) atoms. The van der Waals surface area contributed by atoms with Crippen LogP contribution in [0.5, 0.6) is 0 Å². The highest BCUT2D eigenvalue weighted by Crippen LogP contribution is 2.15. The fourth-order valence-electron chi connectivity index (χ4n) is 3.20. The van der Waals surface area contributed by atoms with Crippen molar-refractivity contribution in [3.8, 4) is 0 Å². The molecule has 2 atom stereocenters. The molecular weight excluding hydrogens is 330 g/mol. The van der Waals surface area contributed by atoms with Gasteiger partial charge in [-0.05, 0) is 30.9 Å². The molecule has 1 aromatic heterocycles. The van der Waals surface area contributed by atoms with Crippen molar-refractivity contribution in [2.45, 2.75) is 31.3 Å². The Morgan fingerprint density at radius 2 is 2.00 bits per heavy atom. The topological polar surface area (TPSA) is 90.4 Å². The Morgan fingerprint density at radius 1 is 1.23 bits per heavy atom. The fourth-order valence-corrected chi connectivity index (χ4v) is 3.20. The predicted octanol–water partition coefficient (Wildman–Crippen LogP) is 1.35. The van der Waals surface area contributed by atoms with E-state index in [4.69, 9.17) is 0 Å². The van der Waals surface area contributed by atoms with E-state index in [2.05, 4.69) is 25.5 Å². The van der Waals surface area contributed by atoms with Crippen LogP contribution in [-0.2, 0) is 6.42 Å². The Balaban J connectivity index is 1.50. The molecule has 1 saturated heterocycles. The average molecular weight is 355 g/mol. The van der Waals surface area contributed by atoms with E-state index in [1.54, 1.807) is 18.5 Å². The lowest BCUT2D eigenvalue weighted by molar-refractivity contribution is 0.211. The predicted molar refractivity (Wildman–Crippen MR) is 100.0 cm³/mol. The molecule has 3 rings (SSSR count). The summed E-state index contributed by atoms with van der Waals surface area (Å²) >= 11 is 0. The van der Waals surface area contributed by atoms with Crippen LogP contribution in [0.3, 0.4) is 0 Å². The smallest absolute Gasteiger partial charge is 0.315 e. The molecule has 0 spiro atoms. The molecule has 0 bridgehead atoms. The largest absolute Gasteiger partial charge is 0.394 e. The summed E-state index contributed by atoms with van der Waals surface area (Å²) in [4.78, 5) is 23.0. The van der Waals surface area contributed by atoms with Crippen LogP contribution in [0.1, 0.15) is 18.4 Å². The van der Waals surface area contributed by atoms with Gasteiger partial charge in [0.15, 0.2) is 0 Å². The molecule has 0 aliphatic carbocycles. The number of nitrogens with zero attached hydrogens (tertiary/aromatic N) is 3. The Kier molecular flexibility index (Phi) is 6.38. The van der Waals surface area contributed by atoms with Crippen molar-refractivity contribution in [3.05, 3.63) is 54.4 Å². The summed E-state index contributed by atoms with van der Waals surface area (Å²) in [5, 5.41) is 15.4. The van der Waals surface area contributed by atoms with E-state index in [0.29, 0.717) is 18.9 Å². The minimum absolute atomic E-state index is 0.0311. The molecule has 1 aromatic carbocycles. The second kappa shape index (κ2) is 9.15. The first-order valence-electron chi connectivity index (χ1n) is 8.98. The van der Waals surface area contributed by atoms with Crippen LogP contribution in [0.4, 0.5) is 10.7 Å². The lowest BCUT2D eigenvalue weighted by Crippen LogP contribution is -2.53. The molecule has 2 heterocycles. The third-order valence-electron chi connectivity index (χ3n) is 4.47. The van der Waals surface area contributed by atoms with Crippen LogP contribution < -0.4 is 15.5 Å². The molecule has 2 aromatic rings. The Labute approximate surface area is 153 Å². The maximum Gasteiger partial charge on any atom is 0.315 e. The van der Waals surface area contributed by atoms with Gasteiger partial charge in [0.1, 0.15) is 0 Å². The summed E-state index contributed by atoms with van der Waals surface area (Å²) in [6.45, 7) is 1.47. The van der Waals surface area contributed by atoms with Crippen molar-refractivity contribution in [2.24, 2.45) is 0 Å². The van der Waals surface area contributed by atoms with Gasteiger partial charge in [-0.15, -0.1) is 0 Å². The van der Waals surface area contributed by atoms with E-state index in [0.717, 1.165) is 24.9 Å². The number of piperidine rings is 1. The molecule has 7 heteroatoms. The highest BCUT2D eigenvalue weighted by atomic mass is 16.3. The van der Waals surface area contributed by atoms with Crippen LogP contribution in [0.15, 0.2) is 48.8 Å². The highest BCUT2D eigenvalue weighted by Gasteiger charge is 2.23. The summed E-state index contributed by atoms with van der Waals surface area (Å²) in [6.07, 6.45) is 5.93. The van der Waals surface area contributed by atoms with Gasteiger partial charge in [0.2, 0.25) is 5.95 Å². The number of rotatable bonds is 6. The third-order valence-corrected chi connectivity index (χ3v) is 4.47. The highest BCUT2D eigenvalue weighted by molar-refractivity contribution is 5.74. The lowest BCUT2D eigenvalue weighted by atomic mass is 10.1. The molecule has 1 aliphatic heterocycles. The van der Waals surface area contributed by atoms with Gasteiger partial charge in [0.05, 0.1) is 12.6 Å². The first-order chi connectivity index (χ1) is 12.7. The van der Waals surface area contributed by atoms with Crippen molar-refractivity contribution >= 4 is 12.0 Å².